The molecule has 1 saturated heterocycles. The number of pyridine rings is 1. The molecule has 2 aromatic rings. The Balaban J connectivity index is 2.01. The number of rotatable bonds is 1. The van der Waals surface area contributed by atoms with Crippen LogP contribution in [-0.2, 0) is 4.74 Å². The number of nitrogens with zero attached hydrogens (tertiary/aromatic N) is 2. The maximum Gasteiger partial charge on any atom is 0.179 e. The number of aromatic nitrogens is 2. The number of ether oxygens (including phenoxy) is 1. The largest absolute Gasteiger partial charge is 0.504 e. The van der Waals surface area contributed by atoms with E-state index in [9.17, 15) is 5.11 Å². The number of fused-ring (bicyclic) bond motifs is 1. The molecule has 5 nitrogen and oxygen atoms in total. The summed E-state index contributed by atoms with van der Waals surface area (Å²) in [5, 5.41) is 12.9. The normalized spacial score (nSPS) is 21.4. The van der Waals surface area contributed by atoms with E-state index >= 15 is 0 Å². The van der Waals surface area contributed by atoms with Crippen molar-refractivity contribution in [3.8, 4) is 5.75 Å². The van der Waals surface area contributed by atoms with Gasteiger partial charge in [-0.2, -0.15) is 0 Å². The van der Waals surface area contributed by atoms with E-state index < -0.39 is 0 Å². The van der Waals surface area contributed by atoms with Crippen LogP contribution in [0.2, 0.25) is 0 Å². The van der Waals surface area contributed by atoms with Gasteiger partial charge in [0.25, 0.3) is 0 Å². The van der Waals surface area contributed by atoms with Gasteiger partial charge in [0.15, 0.2) is 11.4 Å². The highest BCUT2D eigenvalue weighted by atomic mass is 16.5. The van der Waals surface area contributed by atoms with Crippen molar-refractivity contribution in [3.63, 3.8) is 0 Å². The molecule has 0 saturated carbocycles. The average Bonchev–Trinajstić information content (AvgIpc) is 2.76. The van der Waals surface area contributed by atoms with Gasteiger partial charge in [0, 0.05) is 25.5 Å². The molecule has 1 aliphatic heterocycles. The zero-order valence-corrected chi connectivity index (χ0v) is 8.76. The monoisotopic (exact) mass is 219 g/mol. The summed E-state index contributed by atoms with van der Waals surface area (Å²) in [5.74, 6) is 0.192. The lowest BCUT2D eigenvalue weighted by Crippen LogP contribution is -2.33. The molecule has 2 aromatic heterocycles. The third-order valence-electron chi connectivity index (χ3n) is 2.74. The molecule has 1 atom stereocenters. The average molecular weight is 219 g/mol. The van der Waals surface area contributed by atoms with Gasteiger partial charge in [-0.05, 0) is 12.1 Å². The van der Waals surface area contributed by atoms with Crippen molar-refractivity contribution < 1.29 is 9.84 Å². The van der Waals surface area contributed by atoms with E-state index in [-0.39, 0.29) is 11.9 Å². The fourth-order valence-electron chi connectivity index (χ4n) is 1.93. The predicted molar refractivity (Wildman–Crippen MR) is 58.4 cm³/mol. The number of hydrogen-bond acceptors (Lipinski definition) is 4. The molecule has 0 aromatic carbocycles. The Hall–Kier alpha value is -1.59. The topological polar surface area (TPSA) is 58.8 Å². The maximum absolute atomic E-state index is 9.64. The summed E-state index contributed by atoms with van der Waals surface area (Å²) in [4.78, 5) is 4.38. The highest BCUT2D eigenvalue weighted by Gasteiger charge is 2.19. The molecule has 0 bridgehead atoms. The quantitative estimate of drug-likeness (QED) is 0.741. The van der Waals surface area contributed by atoms with Crippen LogP contribution in [0, 0.1) is 0 Å². The number of nitrogens with one attached hydrogen (secondary N) is 1. The fourth-order valence-corrected chi connectivity index (χ4v) is 1.93. The molecule has 2 N–H and O–H groups in total. The second-order valence-corrected chi connectivity index (χ2v) is 3.85. The molecule has 3 rings (SSSR count). The van der Waals surface area contributed by atoms with E-state index in [1.807, 2.05) is 16.8 Å². The lowest BCUT2D eigenvalue weighted by Gasteiger charge is -2.21. The van der Waals surface area contributed by atoms with Gasteiger partial charge in [-0.15, -0.1) is 0 Å². The first kappa shape index (κ1) is 9.62. The Kier molecular flexibility index (Phi) is 2.27. The van der Waals surface area contributed by atoms with Crippen LogP contribution in [0.4, 0.5) is 0 Å². The summed E-state index contributed by atoms with van der Waals surface area (Å²) < 4.78 is 7.42. The molecule has 3 heterocycles. The number of imidazole rings is 1. The Labute approximate surface area is 92.7 Å². The van der Waals surface area contributed by atoms with Crippen molar-refractivity contribution in [1.82, 2.24) is 14.7 Å². The zero-order chi connectivity index (χ0) is 11.0. The highest BCUT2D eigenvalue weighted by molar-refractivity contribution is 5.53. The molecule has 0 aliphatic carbocycles. The van der Waals surface area contributed by atoms with Crippen molar-refractivity contribution in [2.45, 2.75) is 6.10 Å². The van der Waals surface area contributed by atoms with Gasteiger partial charge >= 0.3 is 0 Å². The minimum Gasteiger partial charge on any atom is -0.504 e. The minimum atomic E-state index is -0.0203. The van der Waals surface area contributed by atoms with E-state index in [2.05, 4.69) is 10.3 Å². The van der Waals surface area contributed by atoms with Crippen LogP contribution in [-0.4, -0.2) is 34.2 Å². The molecule has 1 aliphatic rings. The van der Waals surface area contributed by atoms with Crippen molar-refractivity contribution in [2.24, 2.45) is 0 Å². The molecule has 0 spiro atoms. The van der Waals surface area contributed by atoms with Crippen LogP contribution in [0.3, 0.4) is 0 Å². The third kappa shape index (κ3) is 1.54. The van der Waals surface area contributed by atoms with Crippen molar-refractivity contribution in [2.75, 3.05) is 19.7 Å². The number of morpholine rings is 1. The highest BCUT2D eigenvalue weighted by Crippen LogP contribution is 2.22. The summed E-state index contributed by atoms with van der Waals surface area (Å²) >= 11 is 0. The van der Waals surface area contributed by atoms with Crippen LogP contribution in [0.5, 0.6) is 5.75 Å². The van der Waals surface area contributed by atoms with Crippen LogP contribution in [0.15, 0.2) is 24.5 Å². The van der Waals surface area contributed by atoms with Crippen LogP contribution in [0.25, 0.3) is 5.65 Å². The Bertz CT molecular complexity index is 503. The molecule has 0 radical (unpaired) electrons. The maximum atomic E-state index is 9.64. The van der Waals surface area contributed by atoms with E-state index in [4.69, 9.17) is 4.74 Å². The van der Waals surface area contributed by atoms with Crippen LogP contribution in [0.1, 0.15) is 11.8 Å². The lowest BCUT2D eigenvalue weighted by molar-refractivity contribution is 0.0253. The summed E-state index contributed by atoms with van der Waals surface area (Å²) in [7, 11) is 0. The fraction of sp³-hybridized carbons (Fsp3) is 0.364. The first-order chi connectivity index (χ1) is 7.84. The predicted octanol–water partition coefficient (Wildman–Crippen LogP) is 0.701. The first-order valence-electron chi connectivity index (χ1n) is 5.33. The van der Waals surface area contributed by atoms with Gasteiger partial charge < -0.3 is 19.6 Å². The van der Waals surface area contributed by atoms with Crippen molar-refractivity contribution in [3.05, 3.63) is 30.2 Å². The molecule has 1 fully saturated rings. The minimum absolute atomic E-state index is 0.0203. The second-order valence-electron chi connectivity index (χ2n) is 3.85. The Morgan fingerprint density at radius 3 is 3.25 bits per heavy atom. The van der Waals surface area contributed by atoms with Gasteiger partial charge in [0.2, 0.25) is 0 Å². The third-order valence-corrected chi connectivity index (χ3v) is 2.74. The molecule has 1 unspecified atom stereocenters. The van der Waals surface area contributed by atoms with E-state index in [0.29, 0.717) is 12.3 Å². The second kappa shape index (κ2) is 3.77. The van der Waals surface area contributed by atoms with E-state index in [1.165, 1.54) is 0 Å². The standard InChI is InChI=1S/C11H13N3O2/c15-9-2-1-4-14-7-8(13-11(9)14)10-6-12-3-5-16-10/h1-2,4,7,10,12,15H,3,5-6H2. The first-order valence-corrected chi connectivity index (χ1v) is 5.33. The van der Waals surface area contributed by atoms with Gasteiger partial charge in [-0.25, -0.2) is 4.98 Å². The van der Waals surface area contributed by atoms with Crippen LogP contribution < -0.4 is 5.32 Å². The molecule has 16 heavy (non-hydrogen) atoms. The van der Waals surface area contributed by atoms with Gasteiger partial charge in [0.05, 0.1) is 12.3 Å². The van der Waals surface area contributed by atoms with E-state index in [0.717, 1.165) is 18.8 Å². The summed E-state index contributed by atoms with van der Waals surface area (Å²) in [6.07, 6.45) is 3.74. The van der Waals surface area contributed by atoms with Gasteiger partial charge in [0.1, 0.15) is 6.10 Å². The molecule has 0 amide bonds. The number of hydrogen-bond donors (Lipinski definition) is 2. The van der Waals surface area contributed by atoms with Crippen LogP contribution >= 0.6 is 0 Å². The molecular weight excluding hydrogens is 206 g/mol. The smallest absolute Gasteiger partial charge is 0.179 e. The molecular formula is C11H13N3O2. The van der Waals surface area contributed by atoms with Crippen molar-refractivity contribution >= 4 is 5.65 Å². The summed E-state index contributed by atoms with van der Waals surface area (Å²) in [6.45, 7) is 2.35. The number of aromatic hydroxyl groups is 1. The summed E-state index contributed by atoms with van der Waals surface area (Å²) in [6, 6.07) is 3.42. The van der Waals surface area contributed by atoms with E-state index in [1.54, 1.807) is 12.1 Å². The SMILES string of the molecule is Oc1cccn2cc(C3CNCCO3)nc12. The van der Waals surface area contributed by atoms with Gasteiger partial charge in [-0.3, -0.25) is 0 Å². The zero-order valence-electron chi connectivity index (χ0n) is 8.76. The molecule has 84 valence electrons. The van der Waals surface area contributed by atoms with Gasteiger partial charge in [-0.1, -0.05) is 0 Å². The Morgan fingerprint density at radius 2 is 2.50 bits per heavy atom. The Morgan fingerprint density at radius 1 is 1.56 bits per heavy atom. The van der Waals surface area contributed by atoms with Crippen molar-refractivity contribution in [1.29, 1.82) is 0 Å². The summed E-state index contributed by atoms with van der Waals surface area (Å²) in [5.41, 5.74) is 1.43. The molecule has 5 heteroatoms. The lowest BCUT2D eigenvalue weighted by atomic mass is 10.2.